The van der Waals surface area contributed by atoms with Crippen LogP contribution in [0.2, 0.25) is 8.67 Å². The zero-order chi connectivity index (χ0) is 11.5. The highest BCUT2D eigenvalue weighted by atomic mass is 35.5. The lowest BCUT2D eigenvalue weighted by molar-refractivity contribution is 0.220. The number of thiophene rings is 1. The van der Waals surface area contributed by atoms with Crippen LogP contribution in [0, 0.1) is 0 Å². The predicted molar refractivity (Wildman–Crippen MR) is 69.4 cm³/mol. The van der Waals surface area contributed by atoms with Gasteiger partial charge in [0.2, 0.25) is 0 Å². The Morgan fingerprint density at radius 3 is 2.81 bits per heavy atom. The average molecular weight is 278 g/mol. The minimum atomic E-state index is 0.108. The van der Waals surface area contributed by atoms with Gasteiger partial charge in [-0.15, -0.1) is 11.3 Å². The SMILES string of the molecule is CNC(C1=COCCC1)c1cc(Cl)sc1Cl. The fourth-order valence-electron chi connectivity index (χ4n) is 1.89. The van der Waals surface area contributed by atoms with Crippen molar-refractivity contribution in [2.75, 3.05) is 13.7 Å². The molecule has 1 aromatic heterocycles. The summed E-state index contributed by atoms with van der Waals surface area (Å²) in [4.78, 5) is 0. The Labute approximate surface area is 109 Å². The van der Waals surface area contributed by atoms with Gasteiger partial charge in [0, 0.05) is 5.56 Å². The molecule has 0 radical (unpaired) electrons. The van der Waals surface area contributed by atoms with Crippen molar-refractivity contribution in [1.29, 1.82) is 0 Å². The van der Waals surface area contributed by atoms with Gasteiger partial charge in [-0.05, 0) is 31.5 Å². The fraction of sp³-hybridized carbons (Fsp3) is 0.455. The first-order valence-corrected chi connectivity index (χ1v) is 6.72. The first-order chi connectivity index (χ1) is 7.72. The third-order valence-corrected chi connectivity index (χ3v) is 4.13. The van der Waals surface area contributed by atoms with Crippen molar-refractivity contribution < 1.29 is 4.74 Å². The van der Waals surface area contributed by atoms with E-state index >= 15 is 0 Å². The van der Waals surface area contributed by atoms with E-state index in [1.54, 1.807) is 0 Å². The summed E-state index contributed by atoms with van der Waals surface area (Å²) in [5, 5.41) is 3.26. The van der Waals surface area contributed by atoms with Crippen LogP contribution in [0.3, 0.4) is 0 Å². The highest BCUT2D eigenvalue weighted by Gasteiger charge is 2.21. The molecule has 1 unspecified atom stereocenters. The normalized spacial score (nSPS) is 17.8. The number of likely N-dealkylation sites (N-methyl/N-ethyl adjacent to an activating group) is 1. The molecule has 1 N–H and O–H groups in total. The van der Waals surface area contributed by atoms with E-state index in [1.165, 1.54) is 16.9 Å². The van der Waals surface area contributed by atoms with Crippen molar-refractivity contribution >= 4 is 34.5 Å². The zero-order valence-electron chi connectivity index (χ0n) is 8.93. The van der Waals surface area contributed by atoms with E-state index in [0.29, 0.717) is 0 Å². The molecule has 2 nitrogen and oxygen atoms in total. The molecule has 0 spiro atoms. The fourth-order valence-corrected chi connectivity index (χ4v) is 3.42. The van der Waals surface area contributed by atoms with Crippen LogP contribution in [0.5, 0.6) is 0 Å². The molecule has 16 heavy (non-hydrogen) atoms. The van der Waals surface area contributed by atoms with Gasteiger partial charge in [0.15, 0.2) is 0 Å². The van der Waals surface area contributed by atoms with Crippen molar-refractivity contribution in [3.63, 3.8) is 0 Å². The van der Waals surface area contributed by atoms with Crippen molar-refractivity contribution in [2.45, 2.75) is 18.9 Å². The second-order valence-corrected chi connectivity index (χ2v) is 5.95. The zero-order valence-corrected chi connectivity index (χ0v) is 11.3. The van der Waals surface area contributed by atoms with Crippen LogP contribution < -0.4 is 5.32 Å². The van der Waals surface area contributed by atoms with Crippen molar-refractivity contribution in [3.05, 3.63) is 32.1 Å². The van der Waals surface area contributed by atoms with Gasteiger partial charge < -0.3 is 10.1 Å². The van der Waals surface area contributed by atoms with Crippen LogP contribution >= 0.6 is 34.5 Å². The van der Waals surface area contributed by atoms with Crippen molar-refractivity contribution in [2.24, 2.45) is 0 Å². The Hall–Kier alpha value is -0.220. The minimum absolute atomic E-state index is 0.108. The van der Waals surface area contributed by atoms with Gasteiger partial charge in [0.25, 0.3) is 0 Å². The van der Waals surface area contributed by atoms with E-state index < -0.39 is 0 Å². The molecule has 1 aliphatic rings. The van der Waals surface area contributed by atoms with Crippen molar-refractivity contribution in [1.82, 2.24) is 5.32 Å². The van der Waals surface area contributed by atoms with Gasteiger partial charge in [0.1, 0.15) is 0 Å². The molecule has 0 aromatic carbocycles. The summed E-state index contributed by atoms with van der Waals surface area (Å²) in [7, 11) is 1.92. The molecule has 0 saturated carbocycles. The highest BCUT2D eigenvalue weighted by molar-refractivity contribution is 7.20. The van der Waals surface area contributed by atoms with Gasteiger partial charge in [-0.25, -0.2) is 0 Å². The molecule has 88 valence electrons. The second kappa shape index (κ2) is 5.41. The van der Waals surface area contributed by atoms with E-state index in [1.807, 2.05) is 19.4 Å². The largest absolute Gasteiger partial charge is 0.501 e. The van der Waals surface area contributed by atoms with Gasteiger partial charge in [0.05, 0.1) is 27.6 Å². The van der Waals surface area contributed by atoms with E-state index in [2.05, 4.69) is 5.32 Å². The lowest BCUT2D eigenvalue weighted by Crippen LogP contribution is -2.20. The van der Waals surface area contributed by atoms with Crippen LogP contribution in [0.4, 0.5) is 0 Å². The first kappa shape index (κ1) is 12.2. The number of hydrogen-bond donors (Lipinski definition) is 1. The number of ether oxygens (including phenoxy) is 1. The van der Waals surface area contributed by atoms with Crippen LogP contribution in [-0.4, -0.2) is 13.7 Å². The van der Waals surface area contributed by atoms with E-state index in [-0.39, 0.29) is 6.04 Å². The Morgan fingerprint density at radius 1 is 1.50 bits per heavy atom. The lowest BCUT2D eigenvalue weighted by Gasteiger charge is -2.22. The van der Waals surface area contributed by atoms with Crippen LogP contribution in [-0.2, 0) is 4.74 Å². The third-order valence-electron chi connectivity index (χ3n) is 2.62. The molecule has 2 rings (SSSR count). The van der Waals surface area contributed by atoms with Crippen LogP contribution in [0.25, 0.3) is 0 Å². The van der Waals surface area contributed by atoms with E-state index in [0.717, 1.165) is 33.7 Å². The summed E-state index contributed by atoms with van der Waals surface area (Å²) in [6.07, 6.45) is 3.93. The molecule has 0 aliphatic carbocycles. The van der Waals surface area contributed by atoms with Crippen LogP contribution in [0.1, 0.15) is 24.4 Å². The Morgan fingerprint density at radius 2 is 2.31 bits per heavy atom. The molecule has 1 aromatic rings. The number of rotatable bonds is 3. The Bertz CT molecular complexity index is 403. The quantitative estimate of drug-likeness (QED) is 0.902. The maximum absolute atomic E-state index is 6.16. The molecular formula is C11H13Cl2NOS. The first-order valence-electron chi connectivity index (χ1n) is 5.15. The van der Waals surface area contributed by atoms with Crippen LogP contribution in [0.15, 0.2) is 17.9 Å². The molecule has 0 bridgehead atoms. The topological polar surface area (TPSA) is 21.3 Å². The maximum Gasteiger partial charge on any atom is 0.0995 e. The molecule has 2 heterocycles. The van der Waals surface area contributed by atoms with E-state index in [9.17, 15) is 0 Å². The smallest absolute Gasteiger partial charge is 0.0995 e. The third kappa shape index (κ3) is 2.54. The molecule has 1 atom stereocenters. The summed E-state index contributed by atoms with van der Waals surface area (Å²) < 4.78 is 6.82. The second-order valence-electron chi connectivity index (χ2n) is 3.67. The molecule has 0 saturated heterocycles. The highest BCUT2D eigenvalue weighted by Crippen LogP contribution is 2.38. The lowest BCUT2D eigenvalue weighted by atomic mass is 9.97. The molecule has 5 heteroatoms. The number of hydrogen-bond acceptors (Lipinski definition) is 3. The molecule has 1 aliphatic heterocycles. The summed E-state index contributed by atoms with van der Waals surface area (Å²) in [5.74, 6) is 0. The summed E-state index contributed by atoms with van der Waals surface area (Å²) in [6, 6.07) is 2.03. The average Bonchev–Trinajstić information content (AvgIpc) is 2.61. The molecule has 0 amide bonds. The standard InChI is InChI=1S/C11H13Cl2NOS/c1-14-10(7-3-2-4-15-6-7)8-5-9(12)16-11(8)13/h5-6,10,14H,2-4H2,1H3. The van der Waals surface area contributed by atoms with Gasteiger partial charge in [-0.3, -0.25) is 0 Å². The van der Waals surface area contributed by atoms with Gasteiger partial charge in [-0.1, -0.05) is 23.2 Å². The number of nitrogens with one attached hydrogen (secondary N) is 1. The molecule has 0 fully saturated rings. The van der Waals surface area contributed by atoms with Gasteiger partial charge >= 0.3 is 0 Å². The minimum Gasteiger partial charge on any atom is -0.501 e. The van der Waals surface area contributed by atoms with Gasteiger partial charge in [-0.2, -0.15) is 0 Å². The maximum atomic E-state index is 6.16. The predicted octanol–water partition coefficient (Wildman–Crippen LogP) is 4.01. The summed E-state index contributed by atoms with van der Waals surface area (Å²) in [6.45, 7) is 0.804. The summed E-state index contributed by atoms with van der Waals surface area (Å²) >= 11 is 13.5. The van der Waals surface area contributed by atoms with E-state index in [4.69, 9.17) is 27.9 Å². The Kier molecular flexibility index (Phi) is 4.14. The molecular weight excluding hydrogens is 265 g/mol. The number of halogens is 2. The van der Waals surface area contributed by atoms with Crippen molar-refractivity contribution in [3.8, 4) is 0 Å². The Balaban J connectivity index is 2.28. The summed E-state index contributed by atoms with van der Waals surface area (Å²) in [5.41, 5.74) is 2.26. The monoisotopic (exact) mass is 277 g/mol.